The van der Waals surface area contributed by atoms with Crippen molar-refractivity contribution in [3.05, 3.63) is 27.9 Å². The van der Waals surface area contributed by atoms with Crippen molar-refractivity contribution in [2.24, 2.45) is 0 Å². The highest BCUT2D eigenvalue weighted by Gasteiger charge is 2.18. The molecule has 1 unspecified atom stereocenters. The normalized spacial score (nSPS) is 11.8. The van der Waals surface area contributed by atoms with E-state index in [4.69, 9.17) is 5.11 Å². The Morgan fingerprint density at radius 3 is 2.79 bits per heavy atom. The fraction of sp³-hybridized carbons (Fsp3) is 0.400. The molecule has 0 fully saturated rings. The van der Waals surface area contributed by atoms with Gasteiger partial charge in [-0.15, -0.1) is 0 Å². The van der Waals surface area contributed by atoms with Gasteiger partial charge in [-0.1, -0.05) is 6.92 Å². The second kappa shape index (κ2) is 6.78. The number of anilines is 1. The Labute approximate surface area is 111 Å². The van der Waals surface area contributed by atoms with Crippen LogP contribution >= 0.6 is 0 Å². The van der Waals surface area contributed by atoms with Crippen LogP contribution in [0.2, 0.25) is 0 Å². The average molecular weight is 287 g/mol. The molecule has 104 valence electrons. The van der Waals surface area contributed by atoms with E-state index in [-0.39, 0.29) is 23.7 Å². The predicted molar refractivity (Wildman–Crippen MR) is 69.9 cm³/mol. The summed E-state index contributed by atoms with van der Waals surface area (Å²) in [4.78, 5) is 24.5. The maximum atomic E-state index is 11.2. The number of aromatic nitrogens is 1. The maximum Gasteiger partial charge on any atom is 0.354 e. The first kappa shape index (κ1) is 15.0. The van der Waals surface area contributed by atoms with Gasteiger partial charge in [0.15, 0.2) is 5.69 Å². The summed E-state index contributed by atoms with van der Waals surface area (Å²) in [7, 11) is -1.01. The summed E-state index contributed by atoms with van der Waals surface area (Å²) in [6.45, 7) is 1.99. The molecule has 0 aliphatic heterocycles. The van der Waals surface area contributed by atoms with Crippen LogP contribution < -0.4 is 5.32 Å². The highest BCUT2D eigenvalue weighted by molar-refractivity contribution is 7.84. The van der Waals surface area contributed by atoms with Crippen molar-refractivity contribution in [1.82, 2.24) is 4.98 Å². The SMILES string of the molecule is CCS(=O)CCNc1nc(C(=O)O)ccc1[N+](=O)[O-]. The number of carbonyl (C=O) groups is 1. The largest absolute Gasteiger partial charge is 0.477 e. The van der Waals surface area contributed by atoms with E-state index in [1.807, 2.05) is 0 Å². The van der Waals surface area contributed by atoms with Crippen molar-refractivity contribution < 1.29 is 19.0 Å². The van der Waals surface area contributed by atoms with Crippen LogP contribution in [0.1, 0.15) is 17.4 Å². The molecule has 1 rings (SSSR count). The van der Waals surface area contributed by atoms with Crippen molar-refractivity contribution in [3.63, 3.8) is 0 Å². The molecule has 0 aliphatic rings. The summed E-state index contributed by atoms with van der Waals surface area (Å²) in [5.74, 6) is -0.591. The van der Waals surface area contributed by atoms with Crippen LogP contribution in [-0.4, -0.2) is 43.2 Å². The Morgan fingerprint density at radius 2 is 2.26 bits per heavy atom. The lowest BCUT2D eigenvalue weighted by molar-refractivity contribution is -0.384. The zero-order valence-corrected chi connectivity index (χ0v) is 11.0. The number of aromatic carboxylic acids is 1. The fourth-order valence-corrected chi connectivity index (χ4v) is 1.89. The van der Waals surface area contributed by atoms with Crippen LogP contribution in [0.4, 0.5) is 11.5 Å². The zero-order chi connectivity index (χ0) is 14.4. The van der Waals surface area contributed by atoms with Gasteiger partial charge in [0.1, 0.15) is 0 Å². The number of carboxylic acids is 1. The number of rotatable bonds is 7. The Balaban J connectivity index is 2.88. The molecule has 1 aromatic rings. The molecule has 0 bridgehead atoms. The van der Waals surface area contributed by atoms with E-state index in [1.165, 1.54) is 0 Å². The lowest BCUT2D eigenvalue weighted by Gasteiger charge is -2.06. The van der Waals surface area contributed by atoms with Crippen molar-refractivity contribution >= 4 is 28.3 Å². The second-order valence-corrected chi connectivity index (χ2v) is 5.35. The summed E-state index contributed by atoms with van der Waals surface area (Å²) in [5.41, 5.74) is -0.600. The van der Waals surface area contributed by atoms with Gasteiger partial charge in [0.25, 0.3) is 0 Å². The second-order valence-electron chi connectivity index (χ2n) is 3.49. The molecule has 0 amide bonds. The lowest BCUT2D eigenvalue weighted by atomic mass is 10.3. The minimum Gasteiger partial charge on any atom is -0.477 e. The molecule has 8 nitrogen and oxygen atoms in total. The molecule has 0 saturated carbocycles. The quantitative estimate of drug-likeness (QED) is 0.563. The molecule has 0 radical (unpaired) electrons. The van der Waals surface area contributed by atoms with E-state index in [0.717, 1.165) is 12.1 Å². The van der Waals surface area contributed by atoms with E-state index in [1.54, 1.807) is 6.92 Å². The minimum atomic E-state index is -1.27. The topological polar surface area (TPSA) is 122 Å². The third-order valence-electron chi connectivity index (χ3n) is 2.23. The highest BCUT2D eigenvalue weighted by atomic mass is 32.2. The Hall–Kier alpha value is -2.03. The van der Waals surface area contributed by atoms with Gasteiger partial charge in [0, 0.05) is 34.9 Å². The number of carboxylic acid groups (broad SMARTS) is 1. The fourth-order valence-electron chi connectivity index (χ4n) is 1.28. The zero-order valence-electron chi connectivity index (χ0n) is 10.2. The predicted octanol–water partition coefficient (Wildman–Crippen LogP) is 0.869. The molecule has 2 N–H and O–H groups in total. The van der Waals surface area contributed by atoms with Gasteiger partial charge in [0.05, 0.1) is 4.92 Å². The van der Waals surface area contributed by atoms with Crippen LogP contribution in [0.5, 0.6) is 0 Å². The minimum absolute atomic E-state index is 0.127. The molecule has 1 heterocycles. The number of hydrogen-bond donors (Lipinski definition) is 2. The van der Waals surface area contributed by atoms with E-state index in [2.05, 4.69) is 10.3 Å². The van der Waals surface area contributed by atoms with Crippen LogP contribution in [0.3, 0.4) is 0 Å². The van der Waals surface area contributed by atoms with Gasteiger partial charge in [-0.3, -0.25) is 14.3 Å². The first-order chi connectivity index (χ1) is 8.95. The van der Waals surface area contributed by atoms with Crippen molar-refractivity contribution in [2.45, 2.75) is 6.92 Å². The average Bonchev–Trinajstić information content (AvgIpc) is 2.37. The van der Waals surface area contributed by atoms with Crippen molar-refractivity contribution in [2.75, 3.05) is 23.4 Å². The van der Waals surface area contributed by atoms with E-state index in [9.17, 15) is 19.1 Å². The molecular weight excluding hydrogens is 274 g/mol. The third-order valence-corrected chi connectivity index (χ3v) is 3.54. The smallest absolute Gasteiger partial charge is 0.354 e. The number of pyridine rings is 1. The van der Waals surface area contributed by atoms with Crippen LogP contribution in [-0.2, 0) is 10.8 Å². The van der Waals surface area contributed by atoms with Crippen LogP contribution in [0, 0.1) is 10.1 Å². The molecular formula is C10H13N3O5S. The molecule has 0 aromatic carbocycles. The Kier molecular flexibility index (Phi) is 5.37. The molecule has 9 heteroatoms. The van der Waals surface area contributed by atoms with Gasteiger partial charge in [-0.05, 0) is 6.07 Å². The monoisotopic (exact) mass is 287 g/mol. The van der Waals surface area contributed by atoms with E-state index in [0.29, 0.717) is 11.5 Å². The molecule has 0 spiro atoms. The Morgan fingerprint density at radius 1 is 1.58 bits per heavy atom. The summed E-state index contributed by atoms with van der Waals surface area (Å²) in [5, 5.41) is 22.2. The summed E-state index contributed by atoms with van der Waals surface area (Å²) in [6, 6.07) is 2.14. The molecule has 0 aliphatic carbocycles. The summed E-state index contributed by atoms with van der Waals surface area (Å²) in [6.07, 6.45) is 0. The van der Waals surface area contributed by atoms with Crippen LogP contribution in [0.15, 0.2) is 12.1 Å². The van der Waals surface area contributed by atoms with Crippen molar-refractivity contribution in [1.29, 1.82) is 0 Å². The van der Waals surface area contributed by atoms with Gasteiger partial charge in [-0.25, -0.2) is 9.78 Å². The molecule has 19 heavy (non-hydrogen) atoms. The number of nitrogens with zero attached hydrogens (tertiary/aromatic N) is 2. The summed E-state index contributed by atoms with van der Waals surface area (Å²) < 4.78 is 11.2. The molecule has 1 atom stereocenters. The van der Waals surface area contributed by atoms with E-state index >= 15 is 0 Å². The van der Waals surface area contributed by atoms with Crippen molar-refractivity contribution in [3.8, 4) is 0 Å². The lowest BCUT2D eigenvalue weighted by Crippen LogP contribution is -2.15. The first-order valence-electron chi connectivity index (χ1n) is 5.43. The molecule has 0 saturated heterocycles. The number of nitro groups is 1. The highest BCUT2D eigenvalue weighted by Crippen LogP contribution is 2.21. The maximum absolute atomic E-state index is 11.2. The number of nitrogens with one attached hydrogen (secondary N) is 1. The van der Waals surface area contributed by atoms with Gasteiger partial charge < -0.3 is 10.4 Å². The first-order valence-corrected chi connectivity index (χ1v) is 6.92. The third kappa shape index (κ3) is 4.28. The van der Waals surface area contributed by atoms with Gasteiger partial charge in [0.2, 0.25) is 5.82 Å². The van der Waals surface area contributed by atoms with Crippen LogP contribution in [0.25, 0.3) is 0 Å². The standard InChI is InChI=1S/C10H13N3O5S/c1-2-19(18)6-5-11-9-8(13(16)17)4-3-7(12-9)10(14)15/h3-4H,2,5-6H2,1H3,(H,11,12)(H,14,15). The Bertz CT molecular complexity index is 520. The summed E-state index contributed by atoms with van der Waals surface area (Å²) >= 11 is 0. The number of hydrogen-bond acceptors (Lipinski definition) is 6. The molecule has 1 aromatic heterocycles. The van der Waals surface area contributed by atoms with Gasteiger partial charge >= 0.3 is 11.7 Å². The van der Waals surface area contributed by atoms with E-state index < -0.39 is 21.7 Å². The van der Waals surface area contributed by atoms with Gasteiger partial charge in [-0.2, -0.15) is 0 Å².